The van der Waals surface area contributed by atoms with E-state index in [9.17, 15) is 4.79 Å². The van der Waals surface area contributed by atoms with Crippen molar-refractivity contribution in [2.75, 3.05) is 12.0 Å². The first-order chi connectivity index (χ1) is 10.1. The van der Waals surface area contributed by atoms with Crippen molar-refractivity contribution in [3.8, 4) is 5.75 Å². The van der Waals surface area contributed by atoms with Gasteiger partial charge < -0.3 is 15.4 Å². The largest absolute Gasteiger partial charge is 0.497 e. The molecule has 0 aliphatic carbocycles. The minimum Gasteiger partial charge on any atom is -0.497 e. The van der Waals surface area contributed by atoms with Gasteiger partial charge in [-0.1, -0.05) is 34.1 Å². The van der Waals surface area contributed by atoms with Crippen LogP contribution in [0.4, 0.5) is 5.69 Å². The minimum absolute atomic E-state index is 0.0730. The second-order valence-corrected chi connectivity index (χ2v) is 5.85. The first-order valence-corrected chi connectivity index (χ1v) is 7.39. The summed E-state index contributed by atoms with van der Waals surface area (Å²) < 4.78 is 6.22. The van der Waals surface area contributed by atoms with Crippen molar-refractivity contribution in [3.63, 3.8) is 0 Å². The zero-order valence-electron chi connectivity index (χ0n) is 11.5. The zero-order chi connectivity index (χ0) is 15.0. The molecule has 0 spiro atoms. The lowest BCUT2D eigenvalue weighted by Gasteiger charge is -2.45. The Kier molecular flexibility index (Phi) is 3.69. The predicted octanol–water partition coefficient (Wildman–Crippen LogP) is 2.87. The number of hydrogen-bond donors (Lipinski definition) is 1. The molecule has 1 heterocycles. The van der Waals surface area contributed by atoms with Crippen molar-refractivity contribution >= 4 is 27.5 Å². The third kappa shape index (κ3) is 2.43. The van der Waals surface area contributed by atoms with E-state index < -0.39 is 6.04 Å². The number of rotatable bonds is 3. The number of methoxy groups -OCH3 is 1. The van der Waals surface area contributed by atoms with E-state index in [0.717, 1.165) is 21.5 Å². The molecule has 2 aromatic carbocycles. The van der Waals surface area contributed by atoms with E-state index in [1.165, 1.54) is 0 Å². The number of carbonyl (C=O) groups excluding carboxylic acids is 1. The second-order valence-electron chi connectivity index (χ2n) is 4.93. The third-order valence-corrected chi connectivity index (χ3v) is 4.21. The molecule has 2 unspecified atom stereocenters. The van der Waals surface area contributed by atoms with Gasteiger partial charge >= 0.3 is 0 Å². The third-order valence-electron chi connectivity index (χ3n) is 3.68. The fourth-order valence-corrected chi connectivity index (χ4v) is 2.84. The summed E-state index contributed by atoms with van der Waals surface area (Å²) in [5.74, 6) is 0.645. The van der Waals surface area contributed by atoms with Crippen LogP contribution in [0, 0.1) is 0 Å². The number of ether oxygens (including phenoxy) is 1. The molecule has 0 saturated carbocycles. The summed E-state index contributed by atoms with van der Waals surface area (Å²) in [4.78, 5) is 13.9. The van der Waals surface area contributed by atoms with Crippen molar-refractivity contribution in [2.45, 2.75) is 12.1 Å². The Morgan fingerprint density at radius 2 is 1.90 bits per heavy atom. The molecule has 2 N–H and O–H groups in total. The fraction of sp³-hybridized carbons (Fsp3) is 0.188. The molecular formula is C16H15BrN2O2. The van der Waals surface area contributed by atoms with Crippen LogP contribution in [0.25, 0.3) is 0 Å². The minimum atomic E-state index is -0.502. The maximum Gasteiger partial charge on any atom is 0.247 e. The van der Waals surface area contributed by atoms with Crippen LogP contribution in [0.2, 0.25) is 0 Å². The normalized spacial score (nSPS) is 21.1. The van der Waals surface area contributed by atoms with Crippen molar-refractivity contribution in [3.05, 3.63) is 58.6 Å². The SMILES string of the molecule is COc1cccc(N2C(=O)C(N)C2c2ccc(Br)cc2)c1. The Bertz CT molecular complexity index is 672. The average Bonchev–Trinajstić information content (AvgIpc) is 2.52. The van der Waals surface area contributed by atoms with Gasteiger partial charge in [0.2, 0.25) is 5.91 Å². The average molecular weight is 347 g/mol. The Labute approximate surface area is 131 Å². The summed E-state index contributed by atoms with van der Waals surface area (Å²) >= 11 is 3.41. The van der Waals surface area contributed by atoms with Gasteiger partial charge in [-0.2, -0.15) is 0 Å². The summed E-state index contributed by atoms with van der Waals surface area (Å²) in [6.45, 7) is 0. The number of nitrogens with two attached hydrogens (primary N) is 1. The van der Waals surface area contributed by atoms with Crippen LogP contribution in [-0.4, -0.2) is 19.1 Å². The zero-order valence-corrected chi connectivity index (χ0v) is 13.1. The molecule has 1 saturated heterocycles. The first-order valence-electron chi connectivity index (χ1n) is 6.60. The lowest BCUT2D eigenvalue weighted by atomic mass is 9.88. The molecule has 2 aromatic rings. The van der Waals surface area contributed by atoms with Crippen LogP contribution in [-0.2, 0) is 4.79 Å². The molecule has 3 rings (SSSR count). The maximum absolute atomic E-state index is 12.2. The van der Waals surface area contributed by atoms with Crippen molar-refractivity contribution < 1.29 is 9.53 Å². The Morgan fingerprint density at radius 1 is 1.19 bits per heavy atom. The number of amides is 1. The maximum atomic E-state index is 12.2. The summed E-state index contributed by atoms with van der Waals surface area (Å²) in [6.07, 6.45) is 0. The van der Waals surface area contributed by atoms with Crippen molar-refractivity contribution in [1.29, 1.82) is 0 Å². The van der Waals surface area contributed by atoms with Crippen LogP contribution < -0.4 is 15.4 Å². The van der Waals surface area contributed by atoms with Gasteiger partial charge in [-0.3, -0.25) is 4.79 Å². The van der Waals surface area contributed by atoms with Crippen LogP contribution in [0.15, 0.2) is 53.0 Å². The number of halogens is 1. The molecule has 108 valence electrons. The van der Waals surface area contributed by atoms with Crippen LogP contribution in [0.3, 0.4) is 0 Å². The smallest absolute Gasteiger partial charge is 0.247 e. The molecule has 21 heavy (non-hydrogen) atoms. The van der Waals surface area contributed by atoms with E-state index >= 15 is 0 Å². The number of carbonyl (C=O) groups is 1. The second kappa shape index (κ2) is 5.50. The van der Waals surface area contributed by atoms with Gasteiger partial charge in [0.25, 0.3) is 0 Å². The van der Waals surface area contributed by atoms with Crippen LogP contribution in [0.5, 0.6) is 5.75 Å². The Morgan fingerprint density at radius 3 is 2.57 bits per heavy atom. The quantitative estimate of drug-likeness (QED) is 0.869. The molecule has 1 amide bonds. The van der Waals surface area contributed by atoms with Crippen LogP contribution >= 0.6 is 15.9 Å². The molecule has 1 aliphatic rings. The van der Waals surface area contributed by atoms with E-state index in [-0.39, 0.29) is 11.9 Å². The molecule has 2 atom stereocenters. The van der Waals surface area contributed by atoms with Crippen LogP contribution in [0.1, 0.15) is 11.6 Å². The number of hydrogen-bond acceptors (Lipinski definition) is 3. The number of benzene rings is 2. The van der Waals surface area contributed by atoms with E-state index in [4.69, 9.17) is 10.5 Å². The van der Waals surface area contributed by atoms with E-state index in [2.05, 4.69) is 15.9 Å². The Hall–Kier alpha value is -1.85. The van der Waals surface area contributed by atoms with Gasteiger partial charge in [-0.25, -0.2) is 0 Å². The summed E-state index contributed by atoms with van der Waals surface area (Å²) in [7, 11) is 1.61. The topological polar surface area (TPSA) is 55.6 Å². The number of anilines is 1. The highest BCUT2D eigenvalue weighted by molar-refractivity contribution is 9.10. The standard InChI is InChI=1S/C16H15BrN2O2/c1-21-13-4-2-3-12(9-13)19-15(14(18)16(19)20)10-5-7-11(17)8-6-10/h2-9,14-15H,18H2,1H3. The molecule has 0 radical (unpaired) electrons. The molecule has 1 fully saturated rings. The van der Waals surface area contributed by atoms with Gasteiger partial charge in [0, 0.05) is 16.2 Å². The van der Waals surface area contributed by atoms with Gasteiger partial charge in [-0.05, 0) is 29.8 Å². The van der Waals surface area contributed by atoms with Gasteiger partial charge in [0.15, 0.2) is 0 Å². The van der Waals surface area contributed by atoms with Gasteiger partial charge in [-0.15, -0.1) is 0 Å². The molecular weight excluding hydrogens is 332 g/mol. The molecule has 1 aliphatic heterocycles. The molecule has 4 nitrogen and oxygen atoms in total. The summed E-state index contributed by atoms with van der Waals surface area (Å²) in [5, 5.41) is 0. The fourth-order valence-electron chi connectivity index (χ4n) is 2.58. The number of nitrogens with zero attached hydrogens (tertiary/aromatic N) is 1. The lowest BCUT2D eigenvalue weighted by molar-refractivity contribution is -0.126. The van der Waals surface area contributed by atoms with Gasteiger partial charge in [0.05, 0.1) is 13.2 Å². The molecule has 0 bridgehead atoms. The number of β-lactam (4-membered cyclic amide) rings is 1. The highest BCUT2D eigenvalue weighted by Crippen LogP contribution is 2.39. The van der Waals surface area contributed by atoms with Crippen molar-refractivity contribution in [1.82, 2.24) is 0 Å². The van der Waals surface area contributed by atoms with Gasteiger partial charge in [0.1, 0.15) is 11.8 Å². The summed E-state index contributed by atoms with van der Waals surface area (Å²) in [6, 6.07) is 14.7. The lowest BCUT2D eigenvalue weighted by Crippen LogP contribution is -2.63. The molecule has 0 aromatic heterocycles. The Balaban J connectivity index is 1.96. The monoisotopic (exact) mass is 346 g/mol. The van der Waals surface area contributed by atoms with E-state index in [0.29, 0.717) is 0 Å². The van der Waals surface area contributed by atoms with E-state index in [1.807, 2.05) is 48.5 Å². The molecule has 5 heteroatoms. The highest BCUT2D eigenvalue weighted by atomic mass is 79.9. The first kappa shape index (κ1) is 14.1. The van der Waals surface area contributed by atoms with Crippen molar-refractivity contribution in [2.24, 2.45) is 5.73 Å². The highest BCUT2D eigenvalue weighted by Gasteiger charge is 2.46. The van der Waals surface area contributed by atoms with E-state index in [1.54, 1.807) is 12.0 Å². The predicted molar refractivity (Wildman–Crippen MR) is 85.3 cm³/mol. The summed E-state index contributed by atoms with van der Waals surface area (Å²) in [5.41, 5.74) is 7.82.